The molecule has 2 aliphatic rings. The predicted octanol–water partition coefficient (Wildman–Crippen LogP) is 2.47. The Morgan fingerprint density at radius 3 is 2.46 bits per heavy atom. The molecule has 1 amide bonds. The molecule has 156 valence electrons. The number of hydrogen-bond donors (Lipinski definition) is 1. The maximum Gasteiger partial charge on any atom is 0.243 e. The van der Waals surface area contributed by atoms with Crippen LogP contribution in [0, 0.1) is 5.92 Å². The summed E-state index contributed by atoms with van der Waals surface area (Å²) >= 11 is 0. The molecule has 2 heterocycles. The van der Waals surface area contributed by atoms with Crippen LogP contribution in [0.4, 0.5) is 0 Å². The van der Waals surface area contributed by atoms with Gasteiger partial charge in [0.25, 0.3) is 0 Å². The minimum absolute atomic E-state index is 0.0917. The first-order chi connectivity index (χ1) is 13.5. The lowest BCUT2D eigenvalue weighted by Gasteiger charge is -2.33. The van der Waals surface area contributed by atoms with Gasteiger partial charge in [0.2, 0.25) is 15.9 Å². The summed E-state index contributed by atoms with van der Waals surface area (Å²) in [6, 6.07) is 9.19. The standard InChI is InChI=1S/C21H33N3O3S/c1-18-7-5-6-13-23(18)16-12-22-21(25)17-19-10-14-24(15-11-19)28(26,27)20-8-3-2-4-9-20/h2-4,8-9,18-19H,5-7,10-17H2,1H3,(H,22,25). The Morgan fingerprint density at radius 2 is 1.79 bits per heavy atom. The average Bonchev–Trinajstić information content (AvgIpc) is 2.70. The summed E-state index contributed by atoms with van der Waals surface area (Å²) in [5, 5.41) is 3.05. The van der Waals surface area contributed by atoms with Crippen molar-refractivity contribution in [1.82, 2.24) is 14.5 Å². The maximum atomic E-state index is 12.7. The maximum absolute atomic E-state index is 12.7. The van der Waals surface area contributed by atoms with Gasteiger partial charge in [0.05, 0.1) is 4.90 Å². The summed E-state index contributed by atoms with van der Waals surface area (Å²) in [5.74, 6) is 0.352. The minimum Gasteiger partial charge on any atom is -0.355 e. The van der Waals surface area contributed by atoms with E-state index in [9.17, 15) is 13.2 Å². The molecule has 1 aromatic carbocycles. The Morgan fingerprint density at radius 1 is 1.07 bits per heavy atom. The van der Waals surface area contributed by atoms with E-state index in [2.05, 4.69) is 17.1 Å². The van der Waals surface area contributed by atoms with Crippen LogP contribution in [-0.4, -0.2) is 62.3 Å². The van der Waals surface area contributed by atoms with E-state index in [1.165, 1.54) is 19.3 Å². The third-order valence-electron chi connectivity index (χ3n) is 6.09. The molecule has 1 N–H and O–H groups in total. The van der Waals surface area contributed by atoms with E-state index < -0.39 is 10.0 Å². The van der Waals surface area contributed by atoms with Crippen LogP contribution in [-0.2, 0) is 14.8 Å². The van der Waals surface area contributed by atoms with Crippen molar-refractivity contribution in [1.29, 1.82) is 0 Å². The fourth-order valence-corrected chi connectivity index (χ4v) is 5.75. The smallest absolute Gasteiger partial charge is 0.243 e. The number of sulfonamides is 1. The van der Waals surface area contributed by atoms with Gasteiger partial charge >= 0.3 is 0 Å². The van der Waals surface area contributed by atoms with Crippen molar-refractivity contribution >= 4 is 15.9 Å². The van der Waals surface area contributed by atoms with E-state index in [0.29, 0.717) is 37.0 Å². The second kappa shape index (κ2) is 9.85. The molecular formula is C21H33N3O3S. The van der Waals surface area contributed by atoms with Crippen molar-refractivity contribution in [3.63, 3.8) is 0 Å². The van der Waals surface area contributed by atoms with Gasteiger partial charge in [-0.1, -0.05) is 24.6 Å². The number of amides is 1. The van der Waals surface area contributed by atoms with Gasteiger partial charge in [-0.05, 0) is 57.2 Å². The van der Waals surface area contributed by atoms with Crippen molar-refractivity contribution in [3.8, 4) is 0 Å². The Kier molecular flexibility index (Phi) is 7.48. The molecular weight excluding hydrogens is 374 g/mol. The zero-order valence-electron chi connectivity index (χ0n) is 16.8. The van der Waals surface area contributed by atoms with Crippen molar-refractivity contribution < 1.29 is 13.2 Å². The Bertz CT molecular complexity index is 731. The van der Waals surface area contributed by atoms with Crippen LogP contribution in [0.25, 0.3) is 0 Å². The number of benzene rings is 1. The first-order valence-corrected chi connectivity index (χ1v) is 12.0. The van der Waals surface area contributed by atoms with Crippen molar-refractivity contribution in [3.05, 3.63) is 30.3 Å². The van der Waals surface area contributed by atoms with Crippen LogP contribution in [0.2, 0.25) is 0 Å². The van der Waals surface area contributed by atoms with Crippen LogP contribution in [0.1, 0.15) is 45.4 Å². The zero-order chi connectivity index (χ0) is 20.0. The second-order valence-corrected chi connectivity index (χ2v) is 10.0. The molecule has 0 saturated carbocycles. The summed E-state index contributed by atoms with van der Waals surface area (Å²) in [4.78, 5) is 15.1. The SMILES string of the molecule is CC1CCCCN1CCNC(=O)CC1CCN(S(=O)(=O)c2ccccc2)CC1. The highest BCUT2D eigenvalue weighted by molar-refractivity contribution is 7.89. The number of piperidine rings is 2. The van der Waals surface area contributed by atoms with Gasteiger partial charge in [0.1, 0.15) is 0 Å². The fraction of sp³-hybridized carbons (Fsp3) is 0.667. The highest BCUT2D eigenvalue weighted by Gasteiger charge is 2.30. The average molecular weight is 408 g/mol. The molecule has 0 spiro atoms. The lowest BCUT2D eigenvalue weighted by atomic mass is 9.94. The molecule has 0 aromatic heterocycles. The normalized spacial score (nSPS) is 22.8. The van der Waals surface area contributed by atoms with Crippen molar-refractivity contribution in [2.45, 2.75) is 56.4 Å². The number of nitrogens with zero attached hydrogens (tertiary/aromatic N) is 2. The van der Waals surface area contributed by atoms with Gasteiger partial charge in [-0.15, -0.1) is 0 Å². The number of likely N-dealkylation sites (tertiary alicyclic amines) is 1. The molecule has 2 fully saturated rings. The Labute approximate surface area is 169 Å². The highest BCUT2D eigenvalue weighted by atomic mass is 32.2. The fourth-order valence-electron chi connectivity index (χ4n) is 4.26. The summed E-state index contributed by atoms with van der Waals surface area (Å²) in [5.41, 5.74) is 0. The lowest BCUT2D eigenvalue weighted by Crippen LogP contribution is -2.43. The third kappa shape index (κ3) is 5.55. The molecule has 1 atom stereocenters. The highest BCUT2D eigenvalue weighted by Crippen LogP contribution is 2.25. The topological polar surface area (TPSA) is 69.7 Å². The number of carbonyl (C=O) groups excluding carboxylic acids is 1. The van der Waals surface area contributed by atoms with Gasteiger partial charge in [-0.25, -0.2) is 8.42 Å². The monoisotopic (exact) mass is 407 g/mol. The first-order valence-electron chi connectivity index (χ1n) is 10.5. The van der Waals surface area contributed by atoms with Gasteiger partial charge in [0.15, 0.2) is 0 Å². The first kappa shape index (κ1) is 21.3. The molecule has 1 unspecified atom stereocenters. The number of carbonyl (C=O) groups is 1. The summed E-state index contributed by atoms with van der Waals surface area (Å²) in [6.07, 6.45) is 5.78. The van der Waals surface area contributed by atoms with E-state index >= 15 is 0 Å². The van der Waals surface area contributed by atoms with Crippen LogP contribution < -0.4 is 5.32 Å². The van der Waals surface area contributed by atoms with Gasteiger partial charge < -0.3 is 5.32 Å². The summed E-state index contributed by atoms with van der Waals surface area (Å²) in [7, 11) is -3.42. The van der Waals surface area contributed by atoms with Crippen molar-refractivity contribution in [2.24, 2.45) is 5.92 Å². The third-order valence-corrected chi connectivity index (χ3v) is 8.00. The van der Waals surface area contributed by atoms with E-state index in [0.717, 1.165) is 25.9 Å². The Hall–Kier alpha value is -1.44. The molecule has 7 heteroatoms. The van der Waals surface area contributed by atoms with E-state index in [1.807, 2.05) is 6.07 Å². The molecule has 0 bridgehead atoms. The molecule has 0 radical (unpaired) electrons. The lowest BCUT2D eigenvalue weighted by molar-refractivity contribution is -0.122. The summed E-state index contributed by atoms with van der Waals surface area (Å²) in [6.45, 7) is 5.98. The van der Waals surface area contributed by atoms with Gasteiger partial charge in [-0.3, -0.25) is 9.69 Å². The van der Waals surface area contributed by atoms with Crippen LogP contribution in [0.15, 0.2) is 35.2 Å². The predicted molar refractivity (Wildman–Crippen MR) is 110 cm³/mol. The van der Waals surface area contributed by atoms with E-state index in [1.54, 1.807) is 28.6 Å². The van der Waals surface area contributed by atoms with Crippen LogP contribution >= 0.6 is 0 Å². The van der Waals surface area contributed by atoms with Crippen molar-refractivity contribution in [2.75, 3.05) is 32.7 Å². The zero-order valence-corrected chi connectivity index (χ0v) is 17.7. The second-order valence-electron chi connectivity index (χ2n) is 8.10. The minimum atomic E-state index is -3.42. The van der Waals surface area contributed by atoms with Crippen LogP contribution in [0.5, 0.6) is 0 Å². The molecule has 3 rings (SSSR count). The van der Waals surface area contributed by atoms with E-state index in [-0.39, 0.29) is 11.8 Å². The molecule has 0 aliphatic carbocycles. The molecule has 6 nitrogen and oxygen atoms in total. The summed E-state index contributed by atoms with van der Waals surface area (Å²) < 4.78 is 26.9. The number of rotatable bonds is 7. The Balaban J connectivity index is 1.38. The molecule has 28 heavy (non-hydrogen) atoms. The number of hydrogen-bond acceptors (Lipinski definition) is 4. The molecule has 2 aliphatic heterocycles. The molecule has 2 saturated heterocycles. The van der Waals surface area contributed by atoms with Gasteiger partial charge in [0, 0.05) is 38.6 Å². The quantitative estimate of drug-likeness (QED) is 0.754. The largest absolute Gasteiger partial charge is 0.355 e. The van der Waals surface area contributed by atoms with Gasteiger partial charge in [-0.2, -0.15) is 4.31 Å². The van der Waals surface area contributed by atoms with Crippen LogP contribution in [0.3, 0.4) is 0 Å². The number of nitrogens with one attached hydrogen (secondary N) is 1. The molecule has 1 aromatic rings. The van der Waals surface area contributed by atoms with E-state index in [4.69, 9.17) is 0 Å².